The van der Waals surface area contributed by atoms with E-state index in [-0.39, 0.29) is 4.34 Å². The number of likely N-dealkylation sites (N-methyl/N-ethyl adjacent to an activating group) is 1. The number of carbonyl (C=O) groups is 1. The maximum Gasteiger partial charge on any atom is 0.318 e. The first-order valence-electron chi connectivity index (χ1n) is 4.06. The number of hydrogen-bond donors (Lipinski definition) is 1. The molecule has 0 saturated carbocycles. The van der Waals surface area contributed by atoms with Crippen LogP contribution in [0, 0.1) is 6.92 Å². The van der Waals surface area contributed by atoms with Gasteiger partial charge in [-0.25, -0.2) is 13.4 Å². The highest BCUT2D eigenvalue weighted by molar-refractivity contribution is 9.11. The number of carboxylic acid groups (broad SMARTS) is 1. The van der Waals surface area contributed by atoms with Crippen LogP contribution in [0.3, 0.4) is 0 Å². The van der Waals surface area contributed by atoms with Gasteiger partial charge in [0.1, 0.15) is 6.54 Å². The summed E-state index contributed by atoms with van der Waals surface area (Å²) in [5.74, 6) is -1.21. The summed E-state index contributed by atoms with van der Waals surface area (Å²) in [6.07, 6.45) is 0. The first kappa shape index (κ1) is 13.6. The molecule has 1 N–H and O–H groups in total. The molecule has 0 aromatic carbocycles. The van der Waals surface area contributed by atoms with Gasteiger partial charge in [-0.1, -0.05) is 11.3 Å². The van der Waals surface area contributed by atoms with Gasteiger partial charge in [-0.2, -0.15) is 4.31 Å². The fourth-order valence-electron chi connectivity index (χ4n) is 0.873. The molecule has 0 aliphatic carbocycles. The van der Waals surface area contributed by atoms with Crippen molar-refractivity contribution in [2.24, 2.45) is 0 Å². The van der Waals surface area contributed by atoms with E-state index in [2.05, 4.69) is 20.9 Å². The van der Waals surface area contributed by atoms with Gasteiger partial charge in [0.2, 0.25) is 4.34 Å². The molecule has 0 fully saturated rings. The van der Waals surface area contributed by atoms with Crippen LogP contribution in [0.25, 0.3) is 0 Å². The smallest absolute Gasteiger partial charge is 0.318 e. The zero-order chi connectivity index (χ0) is 12.5. The molecule has 90 valence electrons. The summed E-state index contributed by atoms with van der Waals surface area (Å²) in [5, 5.41) is 8.52. The maximum atomic E-state index is 11.8. The Morgan fingerprint density at radius 2 is 2.19 bits per heavy atom. The maximum absolute atomic E-state index is 11.8. The molecule has 0 aliphatic rings. The van der Waals surface area contributed by atoms with Crippen molar-refractivity contribution in [1.82, 2.24) is 9.29 Å². The molecule has 6 nitrogen and oxygen atoms in total. The van der Waals surface area contributed by atoms with E-state index in [9.17, 15) is 13.2 Å². The summed E-state index contributed by atoms with van der Waals surface area (Å²) in [6.45, 7) is 1.08. The second-order valence-corrected chi connectivity index (χ2v) is 7.53. The largest absolute Gasteiger partial charge is 0.480 e. The standard InChI is InChI=1S/C7H9BrN2O4S2/c1-4-6(8)15-7(9-4)16(13,14)10(2)3-5(11)12/h3H2,1-2H3,(H,11,12). The van der Waals surface area contributed by atoms with E-state index in [4.69, 9.17) is 5.11 Å². The molecule has 0 aliphatic heterocycles. The summed E-state index contributed by atoms with van der Waals surface area (Å²) >= 11 is 4.12. The third kappa shape index (κ3) is 2.78. The highest BCUT2D eigenvalue weighted by atomic mass is 79.9. The Hall–Kier alpha value is -0.510. The lowest BCUT2D eigenvalue weighted by Gasteiger charge is -2.11. The van der Waals surface area contributed by atoms with Gasteiger partial charge in [0.05, 0.1) is 9.48 Å². The molecular weight excluding hydrogens is 320 g/mol. The predicted octanol–water partition coefficient (Wildman–Crippen LogP) is 0.919. The lowest BCUT2D eigenvalue weighted by atomic mass is 10.6. The molecule has 16 heavy (non-hydrogen) atoms. The average Bonchev–Trinajstić information content (AvgIpc) is 2.46. The van der Waals surface area contributed by atoms with E-state index < -0.39 is 22.5 Å². The number of carboxylic acids is 1. The first-order valence-corrected chi connectivity index (χ1v) is 7.11. The third-order valence-corrected chi connectivity index (χ3v) is 5.87. The Morgan fingerprint density at radius 3 is 2.56 bits per heavy atom. The number of sulfonamides is 1. The summed E-state index contributed by atoms with van der Waals surface area (Å²) in [7, 11) is -2.60. The summed E-state index contributed by atoms with van der Waals surface area (Å²) < 4.78 is 24.9. The fraction of sp³-hybridized carbons (Fsp3) is 0.429. The zero-order valence-corrected chi connectivity index (χ0v) is 11.7. The molecule has 1 aromatic heterocycles. The number of halogens is 1. The van der Waals surface area contributed by atoms with Crippen LogP contribution in [-0.2, 0) is 14.8 Å². The van der Waals surface area contributed by atoms with Gasteiger partial charge in [0.25, 0.3) is 10.0 Å². The molecular formula is C7H9BrN2O4S2. The Labute approximate surface area is 105 Å². The Morgan fingerprint density at radius 1 is 1.62 bits per heavy atom. The van der Waals surface area contributed by atoms with Crippen LogP contribution < -0.4 is 0 Å². The molecule has 0 bridgehead atoms. The van der Waals surface area contributed by atoms with Gasteiger partial charge >= 0.3 is 5.97 Å². The summed E-state index contributed by atoms with van der Waals surface area (Å²) in [5.41, 5.74) is 0.562. The van der Waals surface area contributed by atoms with Crippen LogP contribution in [0.4, 0.5) is 0 Å². The van der Waals surface area contributed by atoms with Crippen molar-refractivity contribution >= 4 is 43.3 Å². The fourth-order valence-corrected chi connectivity index (χ4v) is 4.12. The van der Waals surface area contributed by atoms with Crippen LogP contribution >= 0.6 is 27.3 Å². The quantitative estimate of drug-likeness (QED) is 0.887. The number of thiazole rings is 1. The summed E-state index contributed by atoms with van der Waals surface area (Å²) in [6, 6.07) is 0. The molecule has 1 heterocycles. The van der Waals surface area contributed by atoms with Crippen molar-refractivity contribution in [2.75, 3.05) is 13.6 Å². The highest BCUT2D eigenvalue weighted by Gasteiger charge is 2.26. The van der Waals surface area contributed by atoms with Crippen LogP contribution in [0.2, 0.25) is 0 Å². The van der Waals surface area contributed by atoms with Crippen molar-refractivity contribution in [3.05, 3.63) is 9.48 Å². The van der Waals surface area contributed by atoms with Crippen LogP contribution in [0.1, 0.15) is 5.69 Å². The second-order valence-electron chi connectivity index (χ2n) is 2.99. The van der Waals surface area contributed by atoms with E-state index in [0.29, 0.717) is 9.48 Å². The number of hydrogen-bond acceptors (Lipinski definition) is 5. The Kier molecular flexibility index (Phi) is 4.05. The third-order valence-electron chi connectivity index (χ3n) is 1.71. The highest BCUT2D eigenvalue weighted by Crippen LogP contribution is 2.28. The van der Waals surface area contributed by atoms with Gasteiger partial charge in [-0.3, -0.25) is 4.79 Å². The second kappa shape index (κ2) is 4.78. The molecule has 0 spiro atoms. The number of nitrogens with zero attached hydrogens (tertiary/aromatic N) is 2. The number of aromatic nitrogens is 1. The topological polar surface area (TPSA) is 87.6 Å². The zero-order valence-electron chi connectivity index (χ0n) is 8.47. The molecule has 9 heteroatoms. The predicted molar refractivity (Wildman–Crippen MR) is 62.0 cm³/mol. The van der Waals surface area contributed by atoms with Crippen molar-refractivity contribution in [2.45, 2.75) is 11.3 Å². The van der Waals surface area contributed by atoms with Crippen molar-refractivity contribution < 1.29 is 18.3 Å². The lowest BCUT2D eigenvalue weighted by molar-refractivity contribution is -0.137. The first-order chi connectivity index (χ1) is 7.25. The molecule has 0 unspecified atom stereocenters. The van der Waals surface area contributed by atoms with Gasteiger partial charge in [0.15, 0.2) is 0 Å². The molecule has 0 saturated heterocycles. The van der Waals surface area contributed by atoms with Crippen molar-refractivity contribution in [3.8, 4) is 0 Å². The molecule has 1 rings (SSSR count). The number of rotatable bonds is 4. The van der Waals surface area contributed by atoms with Gasteiger partial charge in [0, 0.05) is 7.05 Å². The van der Waals surface area contributed by atoms with Crippen LogP contribution in [0.5, 0.6) is 0 Å². The van der Waals surface area contributed by atoms with E-state index >= 15 is 0 Å². The van der Waals surface area contributed by atoms with E-state index in [1.54, 1.807) is 6.92 Å². The van der Waals surface area contributed by atoms with Gasteiger partial charge in [-0.15, -0.1) is 0 Å². The molecule has 0 radical (unpaired) electrons. The Balaban J connectivity index is 3.06. The Bertz CT molecular complexity index is 491. The van der Waals surface area contributed by atoms with E-state index in [1.807, 2.05) is 0 Å². The minimum absolute atomic E-state index is 0.111. The van der Waals surface area contributed by atoms with Gasteiger partial charge < -0.3 is 5.11 Å². The summed E-state index contributed by atoms with van der Waals surface area (Å²) in [4.78, 5) is 14.3. The minimum Gasteiger partial charge on any atom is -0.480 e. The van der Waals surface area contributed by atoms with Crippen molar-refractivity contribution in [1.29, 1.82) is 0 Å². The van der Waals surface area contributed by atoms with E-state index in [0.717, 1.165) is 15.6 Å². The average molecular weight is 329 g/mol. The van der Waals surface area contributed by atoms with Crippen molar-refractivity contribution in [3.63, 3.8) is 0 Å². The number of aryl methyl sites for hydroxylation is 1. The minimum atomic E-state index is -3.81. The molecule has 1 aromatic rings. The molecule has 0 atom stereocenters. The molecule has 0 amide bonds. The normalized spacial score (nSPS) is 12.0. The van der Waals surface area contributed by atoms with Crippen LogP contribution in [0.15, 0.2) is 8.13 Å². The monoisotopic (exact) mass is 328 g/mol. The van der Waals surface area contributed by atoms with Crippen LogP contribution in [-0.4, -0.2) is 42.4 Å². The van der Waals surface area contributed by atoms with Gasteiger partial charge in [-0.05, 0) is 22.9 Å². The van der Waals surface area contributed by atoms with E-state index in [1.165, 1.54) is 7.05 Å². The lowest BCUT2D eigenvalue weighted by Crippen LogP contribution is -2.31. The SMILES string of the molecule is Cc1nc(S(=O)(=O)N(C)CC(=O)O)sc1Br. The number of aliphatic carboxylic acids is 1.